The third kappa shape index (κ3) is 4.28. The standard InChI is InChI=1S/C23H21FN6O/c24-16-11-9-15(10-12-16)21-28-20(31-30-21)8-4-14-26-22-17-5-3-7-18(17)27-23(29-22)19-6-1-2-13-25-19/h1-2,6,9-13H,3-5,7-8,14H2,(H,26,27,29). The number of hydrogen-bond acceptors (Lipinski definition) is 7. The first-order valence-electron chi connectivity index (χ1n) is 10.4. The first-order valence-corrected chi connectivity index (χ1v) is 10.4. The van der Waals surface area contributed by atoms with Crippen molar-refractivity contribution in [2.24, 2.45) is 0 Å². The van der Waals surface area contributed by atoms with Crippen molar-refractivity contribution in [1.29, 1.82) is 0 Å². The monoisotopic (exact) mass is 416 g/mol. The van der Waals surface area contributed by atoms with Crippen molar-refractivity contribution >= 4 is 5.82 Å². The second kappa shape index (κ2) is 8.59. The van der Waals surface area contributed by atoms with Crippen LogP contribution in [0, 0.1) is 5.82 Å². The number of benzene rings is 1. The molecule has 0 saturated carbocycles. The fraction of sp³-hybridized carbons (Fsp3) is 0.261. The number of halogens is 1. The molecule has 0 aliphatic heterocycles. The van der Waals surface area contributed by atoms with E-state index in [1.54, 1.807) is 18.3 Å². The quantitative estimate of drug-likeness (QED) is 0.450. The van der Waals surface area contributed by atoms with Crippen LogP contribution in [0.5, 0.6) is 0 Å². The van der Waals surface area contributed by atoms with E-state index >= 15 is 0 Å². The number of nitrogens with zero attached hydrogens (tertiary/aromatic N) is 5. The maximum Gasteiger partial charge on any atom is 0.227 e. The highest BCUT2D eigenvalue weighted by Gasteiger charge is 2.20. The molecule has 3 aromatic heterocycles. The molecule has 31 heavy (non-hydrogen) atoms. The van der Waals surface area contributed by atoms with Gasteiger partial charge >= 0.3 is 0 Å². The topological polar surface area (TPSA) is 89.6 Å². The zero-order chi connectivity index (χ0) is 21.0. The first kappa shape index (κ1) is 19.3. The average Bonchev–Trinajstić information content (AvgIpc) is 3.47. The minimum Gasteiger partial charge on any atom is -0.370 e. The number of aryl methyl sites for hydroxylation is 2. The van der Waals surface area contributed by atoms with Gasteiger partial charge in [-0.3, -0.25) is 4.98 Å². The lowest BCUT2D eigenvalue weighted by molar-refractivity contribution is 0.377. The Morgan fingerprint density at radius 1 is 0.968 bits per heavy atom. The number of anilines is 1. The molecule has 5 rings (SSSR count). The second-order valence-electron chi connectivity index (χ2n) is 7.44. The van der Waals surface area contributed by atoms with Gasteiger partial charge in [-0.15, -0.1) is 0 Å². The van der Waals surface area contributed by atoms with E-state index in [4.69, 9.17) is 14.5 Å². The van der Waals surface area contributed by atoms with E-state index in [1.165, 1.54) is 17.7 Å². The van der Waals surface area contributed by atoms with Gasteiger partial charge in [0.05, 0.1) is 0 Å². The summed E-state index contributed by atoms with van der Waals surface area (Å²) in [4.78, 5) is 18.3. The van der Waals surface area contributed by atoms with Gasteiger partial charge < -0.3 is 9.84 Å². The van der Waals surface area contributed by atoms with Gasteiger partial charge in [-0.25, -0.2) is 14.4 Å². The fourth-order valence-electron chi connectivity index (χ4n) is 3.71. The van der Waals surface area contributed by atoms with Crippen LogP contribution in [0.1, 0.15) is 30.0 Å². The Morgan fingerprint density at radius 2 is 1.87 bits per heavy atom. The van der Waals surface area contributed by atoms with Gasteiger partial charge in [-0.1, -0.05) is 11.2 Å². The Hall–Kier alpha value is -3.68. The molecule has 0 bridgehead atoms. The molecule has 0 saturated heterocycles. The van der Waals surface area contributed by atoms with Gasteiger partial charge in [-0.2, -0.15) is 4.98 Å². The summed E-state index contributed by atoms with van der Waals surface area (Å²) in [6.45, 7) is 0.722. The largest absolute Gasteiger partial charge is 0.370 e. The lowest BCUT2D eigenvalue weighted by atomic mass is 10.2. The highest BCUT2D eigenvalue weighted by Crippen LogP contribution is 2.28. The van der Waals surface area contributed by atoms with E-state index in [0.29, 0.717) is 24.0 Å². The molecule has 4 aromatic rings. The molecular weight excluding hydrogens is 395 g/mol. The Labute approximate surface area is 178 Å². The molecule has 3 heterocycles. The zero-order valence-corrected chi connectivity index (χ0v) is 16.9. The molecule has 1 aliphatic rings. The van der Waals surface area contributed by atoms with Crippen LogP contribution in [-0.4, -0.2) is 31.6 Å². The smallest absolute Gasteiger partial charge is 0.227 e. The number of rotatable bonds is 7. The van der Waals surface area contributed by atoms with Crippen molar-refractivity contribution in [2.45, 2.75) is 32.1 Å². The molecule has 0 spiro atoms. The summed E-state index contributed by atoms with van der Waals surface area (Å²) in [7, 11) is 0. The predicted molar refractivity (Wildman–Crippen MR) is 114 cm³/mol. The van der Waals surface area contributed by atoms with E-state index < -0.39 is 0 Å². The molecule has 0 amide bonds. The number of fused-ring (bicyclic) bond motifs is 1. The summed E-state index contributed by atoms with van der Waals surface area (Å²) in [5, 5.41) is 7.45. The Balaban J connectivity index is 1.23. The molecule has 0 atom stereocenters. The minimum absolute atomic E-state index is 0.291. The van der Waals surface area contributed by atoms with Crippen LogP contribution < -0.4 is 5.32 Å². The minimum atomic E-state index is -0.291. The molecule has 0 unspecified atom stereocenters. The number of hydrogen-bond donors (Lipinski definition) is 1. The van der Waals surface area contributed by atoms with Gasteiger partial charge in [0.1, 0.15) is 17.3 Å². The molecule has 1 aromatic carbocycles. The van der Waals surface area contributed by atoms with Crippen molar-refractivity contribution in [3.63, 3.8) is 0 Å². The summed E-state index contributed by atoms with van der Waals surface area (Å²) < 4.78 is 18.4. The lowest BCUT2D eigenvalue weighted by Gasteiger charge is -2.11. The van der Waals surface area contributed by atoms with E-state index in [9.17, 15) is 4.39 Å². The molecule has 8 heteroatoms. The summed E-state index contributed by atoms with van der Waals surface area (Å²) >= 11 is 0. The van der Waals surface area contributed by atoms with Gasteiger partial charge in [0.25, 0.3) is 0 Å². The Kier molecular flexibility index (Phi) is 5.35. The molecule has 7 nitrogen and oxygen atoms in total. The van der Waals surface area contributed by atoms with Crippen molar-refractivity contribution < 1.29 is 8.91 Å². The van der Waals surface area contributed by atoms with E-state index in [-0.39, 0.29) is 5.82 Å². The molecule has 1 aliphatic carbocycles. The molecule has 0 radical (unpaired) electrons. The SMILES string of the molecule is Fc1ccc(-c2noc(CCCNc3nc(-c4ccccn4)nc4c3CCC4)n2)cc1. The maximum atomic E-state index is 13.1. The molecule has 156 valence electrons. The van der Waals surface area contributed by atoms with Crippen molar-refractivity contribution in [2.75, 3.05) is 11.9 Å². The van der Waals surface area contributed by atoms with Gasteiger partial charge in [0.2, 0.25) is 11.7 Å². The van der Waals surface area contributed by atoms with Gasteiger partial charge in [0, 0.05) is 36.0 Å². The van der Waals surface area contributed by atoms with Crippen LogP contribution in [-0.2, 0) is 19.3 Å². The predicted octanol–water partition coefficient (Wildman–Crippen LogP) is 4.26. The summed E-state index contributed by atoms with van der Waals surface area (Å²) in [6, 6.07) is 11.8. The van der Waals surface area contributed by atoms with Crippen LogP contribution in [0.2, 0.25) is 0 Å². The molecular formula is C23H21FN6O. The number of aromatic nitrogens is 5. The lowest BCUT2D eigenvalue weighted by Crippen LogP contribution is -2.09. The molecule has 0 fully saturated rings. The summed E-state index contributed by atoms with van der Waals surface area (Å²) in [5.41, 5.74) is 3.82. The van der Waals surface area contributed by atoms with Crippen molar-refractivity contribution in [3.8, 4) is 22.9 Å². The highest BCUT2D eigenvalue weighted by atomic mass is 19.1. The van der Waals surface area contributed by atoms with Crippen LogP contribution in [0.25, 0.3) is 22.9 Å². The number of pyridine rings is 1. The normalized spacial score (nSPS) is 12.7. The first-order chi connectivity index (χ1) is 15.3. The van der Waals surface area contributed by atoms with Crippen LogP contribution >= 0.6 is 0 Å². The third-order valence-corrected chi connectivity index (χ3v) is 5.26. The maximum absolute atomic E-state index is 13.1. The second-order valence-corrected chi connectivity index (χ2v) is 7.44. The average molecular weight is 416 g/mol. The van der Waals surface area contributed by atoms with Crippen LogP contribution in [0.4, 0.5) is 10.2 Å². The summed E-state index contributed by atoms with van der Waals surface area (Å²) in [6.07, 6.45) is 6.26. The number of nitrogens with one attached hydrogen (secondary N) is 1. The van der Waals surface area contributed by atoms with E-state index in [1.807, 2.05) is 18.2 Å². The van der Waals surface area contributed by atoms with E-state index in [0.717, 1.165) is 55.0 Å². The Morgan fingerprint density at radius 3 is 2.71 bits per heavy atom. The van der Waals surface area contributed by atoms with E-state index in [2.05, 4.69) is 20.4 Å². The van der Waals surface area contributed by atoms with Crippen molar-refractivity contribution in [3.05, 3.63) is 71.6 Å². The third-order valence-electron chi connectivity index (χ3n) is 5.26. The summed E-state index contributed by atoms with van der Waals surface area (Å²) in [5.74, 6) is 2.28. The van der Waals surface area contributed by atoms with Crippen LogP contribution in [0.15, 0.2) is 53.2 Å². The highest BCUT2D eigenvalue weighted by molar-refractivity contribution is 5.57. The van der Waals surface area contributed by atoms with Gasteiger partial charge in [-0.05, 0) is 62.1 Å². The van der Waals surface area contributed by atoms with Gasteiger partial charge in [0.15, 0.2) is 5.82 Å². The fourth-order valence-corrected chi connectivity index (χ4v) is 3.71. The van der Waals surface area contributed by atoms with Crippen molar-refractivity contribution in [1.82, 2.24) is 25.1 Å². The molecule has 1 N–H and O–H groups in total. The van der Waals surface area contributed by atoms with Crippen LogP contribution in [0.3, 0.4) is 0 Å². The zero-order valence-electron chi connectivity index (χ0n) is 16.9. The Bertz CT molecular complexity index is 1180.